The number of thioether (sulfide) groups is 1. The SMILES string of the molecule is C[C@@H](NC(=O)Cn1cnnn1)[C@H]1C(=O)N2C(C(=O)O)=C(SC3CNC(C(=O)N4CCN(C[C@@H](O)CN)CC4)C3)[C@H](C)[C@H]12. The summed E-state index contributed by atoms with van der Waals surface area (Å²) in [5.74, 6) is -2.62. The maximum atomic E-state index is 13.2. The van der Waals surface area contributed by atoms with Gasteiger partial charge < -0.3 is 36.4 Å². The van der Waals surface area contributed by atoms with Crippen molar-refractivity contribution in [3.8, 4) is 0 Å². The number of β-amino-alcohol motifs (C(OH)–C–C–N with tert-alkyl or cyclic N) is 1. The van der Waals surface area contributed by atoms with Gasteiger partial charge in [-0.2, -0.15) is 0 Å². The summed E-state index contributed by atoms with van der Waals surface area (Å²) in [6.45, 7) is 7.28. The van der Waals surface area contributed by atoms with E-state index in [2.05, 4.69) is 31.1 Å². The third kappa shape index (κ3) is 6.01. The number of aliphatic carboxylic acids is 1. The zero-order valence-electron chi connectivity index (χ0n) is 23.6. The highest BCUT2D eigenvalue weighted by Crippen LogP contribution is 2.51. The van der Waals surface area contributed by atoms with Crippen molar-refractivity contribution >= 4 is 35.5 Å². The molecular formula is C25H38N10O6S. The second-order valence-corrected chi connectivity index (χ2v) is 12.7. The Labute approximate surface area is 247 Å². The van der Waals surface area contributed by atoms with Crippen molar-refractivity contribution < 1.29 is 29.4 Å². The van der Waals surface area contributed by atoms with E-state index in [0.29, 0.717) is 50.6 Å². The number of tetrazole rings is 1. The lowest BCUT2D eigenvalue weighted by Gasteiger charge is -2.47. The van der Waals surface area contributed by atoms with Crippen molar-refractivity contribution in [2.75, 3.05) is 45.8 Å². The first-order valence-electron chi connectivity index (χ1n) is 14.2. The highest BCUT2D eigenvalue weighted by molar-refractivity contribution is 8.03. The lowest BCUT2D eigenvalue weighted by atomic mass is 9.78. The van der Waals surface area contributed by atoms with Crippen LogP contribution in [0.2, 0.25) is 0 Å². The van der Waals surface area contributed by atoms with Crippen molar-refractivity contribution in [3.63, 3.8) is 0 Å². The number of carboxylic acid groups (broad SMARTS) is 1. The Morgan fingerprint density at radius 2 is 2.00 bits per heavy atom. The van der Waals surface area contributed by atoms with Crippen LogP contribution in [0.3, 0.4) is 0 Å². The van der Waals surface area contributed by atoms with Crippen LogP contribution in [0, 0.1) is 11.8 Å². The second kappa shape index (κ2) is 12.6. The predicted octanol–water partition coefficient (Wildman–Crippen LogP) is -3.12. The highest BCUT2D eigenvalue weighted by Gasteiger charge is 2.60. The Kier molecular flexibility index (Phi) is 9.12. The average Bonchev–Trinajstić information content (AvgIpc) is 3.69. The van der Waals surface area contributed by atoms with Crippen LogP contribution in [-0.4, -0.2) is 144 Å². The minimum Gasteiger partial charge on any atom is -0.477 e. The molecule has 0 aromatic carbocycles. The van der Waals surface area contributed by atoms with E-state index in [1.54, 1.807) is 6.92 Å². The van der Waals surface area contributed by atoms with E-state index in [-0.39, 0.29) is 59.8 Å². The fourth-order valence-electron chi connectivity index (χ4n) is 6.39. The van der Waals surface area contributed by atoms with Gasteiger partial charge in [0.2, 0.25) is 17.7 Å². The molecule has 5 heterocycles. The molecule has 2 unspecified atom stereocenters. The monoisotopic (exact) mass is 606 g/mol. The van der Waals surface area contributed by atoms with Crippen molar-refractivity contribution in [1.29, 1.82) is 0 Å². The molecule has 0 bridgehead atoms. The quantitative estimate of drug-likeness (QED) is 0.158. The predicted molar refractivity (Wildman–Crippen MR) is 149 cm³/mol. The number of hydrogen-bond donors (Lipinski definition) is 5. The van der Waals surface area contributed by atoms with Crippen LogP contribution in [0.25, 0.3) is 0 Å². The van der Waals surface area contributed by atoms with Crippen LogP contribution in [0.4, 0.5) is 0 Å². The van der Waals surface area contributed by atoms with E-state index in [4.69, 9.17) is 5.73 Å². The molecule has 0 aliphatic carbocycles. The number of aromatic nitrogens is 4. The largest absolute Gasteiger partial charge is 0.477 e. The summed E-state index contributed by atoms with van der Waals surface area (Å²) in [7, 11) is 0. The summed E-state index contributed by atoms with van der Waals surface area (Å²) < 4.78 is 1.27. The number of piperazine rings is 1. The lowest BCUT2D eigenvalue weighted by Crippen LogP contribution is -2.66. The number of aliphatic hydroxyl groups is 1. The molecule has 4 aliphatic heterocycles. The zero-order chi connectivity index (χ0) is 30.1. The molecule has 17 heteroatoms. The van der Waals surface area contributed by atoms with Gasteiger partial charge in [-0.1, -0.05) is 6.92 Å². The van der Waals surface area contributed by atoms with Gasteiger partial charge in [-0.15, -0.1) is 16.9 Å². The van der Waals surface area contributed by atoms with Crippen LogP contribution in [0.1, 0.15) is 20.3 Å². The number of β-lactam (4-membered cyclic amide) rings is 1. The van der Waals surface area contributed by atoms with E-state index in [0.717, 1.165) is 0 Å². The summed E-state index contributed by atoms with van der Waals surface area (Å²) in [5.41, 5.74) is 5.50. The number of fused-ring (bicyclic) bond motifs is 1. The fraction of sp³-hybridized carbons (Fsp3) is 0.720. The Balaban J connectivity index is 1.17. The smallest absolute Gasteiger partial charge is 0.353 e. The molecule has 0 saturated carbocycles. The van der Waals surface area contributed by atoms with Crippen molar-refractivity contribution in [2.45, 2.75) is 56.3 Å². The van der Waals surface area contributed by atoms with Gasteiger partial charge in [-0.05, 0) is 23.8 Å². The van der Waals surface area contributed by atoms with Crippen molar-refractivity contribution in [3.05, 3.63) is 16.9 Å². The summed E-state index contributed by atoms with van der Waals surface area (Å²) in [4.78, 5) is 57.1. The van der Waals surface area contributed by atoms with Crippen molar-refractivity contribution in [1.82, 2.24) is 45.5 Å². The van der Waals surface area contributed by atoms with E-state index < -0.39 is 24.0 Å². The molecule has 4 aliphatic rings. The van der Waals surface area contributed by atoms with Gasteiger partial charge in [0.05, 0.1) is 24.1 Å². The number of aliphatic hydroxyl groups excluding tert-OH is 1. The molecule has 230 valence electrons. The molecule has 3 saturated heterocycles. The van der Waals surface area contributed by atoms with E-state index in [1.165, 1.54) is 27.7 Å². The first-order valence-corrected chi connectivity index (χ1v) is 15.1. The van der Waals surface area contributed by atoms with Crippen LogP contribution < -0.4 is 16.4 Å². The molecule has 6 N–H and O–H groups in total. The Morgan fingerprint density at radius 1 is 1.26 bits per heavy atom. The average molecular weight is 607 g/mol. The molecule has 5 rings (SSSR count). The molecule has 42 heavy (non-hydrogen) atoms. The summed E-state index contributed by atoms with van der Waals surface area (Å²) in [6, 6.07) is -1.26. The second-order valence-electron chi connectivity index (χ2n) is 11.3. The molecule has 16 nitrogen and oxygen atoms in total. The van der Waals surface area contributed by atoms with Crippen molar-refractivity contribution in [2.24, 2.45) is 17.6 Å². The Morgan fingerprint density at radius 3 is 2.64 bits per heavy atom. The third-order valence-electron chi connectivity index (χ3n) is 8.52. The van der Waals surface area contributed by atoms with Crippen LogP contribution in [-0.2, 0) is 25.7 Å². The van der Waals surface area contributed by atoms with Gasteiger partial charge in [0.1, 0.15) is 18.6 Å². The first-order chi connectivity index (χ1) is 20.1. The number of carbonyl (C=O) groups is 4. The summed E-state index contributed by atoms with van der Waals surface area (Å²) in [6.07, 6.45) is 1.29. The maximum absolute atomic E-state index is 13.2. The van der Waals surface area contributed by atoms with E-state index in [9.17, 15) is 29.4 Å². The van der Waals surface area contributed by atoms with Gasteiger partial charge in [0.25, 0.3) is 0 Å². The number of carboxylic acids is 1. The third-order valence-corrected chi connectivity index (χ3v) is 10.0. The van der Waals surface area contributed by atoms with Gasteiger partial charge in [0.15, 0.2) is 0 Å². The number of carbonyl (C=O) groups excluding carboxylic acids is 3. The topological polar surface area (TPSA) is 212 Å². The minimum absolute atomic E-state index is 0.00321. The summed E-state index contributed by atoms with van der Waals surface area (Å²) >= 11 is 1.43. The normalized spacial score (nSPS) is 29.3. The maximum Gasteiger partial charge on any atom is 0.353 e. The van der Waals surface area contributed by atoms with Crippen LogP contribution >= 0.6 is 11.8 Å². The molecule has 1 aromatic heterocycles. The number of nitrogens with one attached hydrogen (secondary N) is 2. The van der Waals surface area contributed by atoms with E-state index >= 15 is 0 Å². The van der Waals surface area contributed by atoms with Crippen LogP contribution in [0.15, 0.2) is 16.9 Å². The Hall–Kier alpha value is -3.12. The van der Waals surface area contributed by atoms with Gasteiger partial charge in [0, 0.05) is 67.9 Å². The van der Waals surface area contributed by atoms with Crippen LogP contribution in [0.5, 0.6) is 0 Å². The van der Waals surface area contributed by atoms with Gasteiger partial charge >= 0.3 is 5.97 Å². The molecular weight excluding hydrogens is 568 g/mol. The molecule has 3 amide bonds. The number of nitrogens with zero attached hydrogens (tertiary/aromatic N) is 7. The Bertz CT molecular complexity index is 1220. The highest BCUT2D eigenvalue weighted by atomic mass is 32.2. The number of hydrogen-bond acceptors (Lipinski definition) is 12. The van der Waals surface area contributed by atoms with E-state index in [1.807, 2.05) is 11.8 Å². The zero-order valence-corrected chi connectivity index (χ0v) is 24.4. The number of nitrogens with two attached hydrogens (primary N) is 1. The van der Waals surface area contributed by atoms with Gasteiger partial charge in [-0.25, -0.2) is 9.48 Å². The van der Waals surface area contributed by atoms with Gasteiger partial charge in [-0.3, -0.25) is 19.3 Å². The first kappa shape index (κ1) is 30.3. The number of amides is 3. The minimum atomic E-state index is -1.16. The fourth-order valence-corrected chi connectivity index (χ4v) is 7.87. The standard InChI is InChI=1S/C25H38N10O6S/c1-13-20-19(14(2)29-18(37)11-34-12-28-30-31-34)24(39)35(20)21(25(40)41)22(13)42-16-7-17(27-9-16)23(38)33-5-3-32(4-6-33)10-15(36)8-26/h12-17,19-20,27,36H,3-11,26H2,1-2H3,(H,29,37)(H,40,41)/t13-,14-,15+,16?,17?,19-,20-/m1/s1. The molecule has 3 fully saturated rings. The molecule has 0 spiro atoms. The molecule has 0 radical (unpaired) electrons. The summed E-state index contributed by atoms with van der Waals surface area (Å²) in [5, 5.41) is 36.6. The molecule has 1 aromatic rings. The number of rotatable bonds is 11. The molecule has 7 atom stereocenters. The lowest BCUT2D eigenvalue weighted by molar-refractivity contribution is -0.158.